The van der Waals surface area contributed by atoms with Gasteiger partial charge in [0.1, 0.15) is 0 Å². The van der Waals surface area contributed by atoms with E-state index in [1.165, 1.54) is 6.92 Å². The number of amides is 1. The zero-order valence-corrected chi connectivity index (χ0v) is 12.5. The molecule has 1 amide bonds. The summed E-state index contributed by atoms with van der Waals surface area (Å²) in [5, 5.41) is 1.46. The highest BCUT2D eigenvalue weighted by Crippen LogP contribution is 2.24. The highest BCUT2D eigenvalue weighted by Gasteiger charge is 2.20. The lowest BCUT2D eigenvalue weighted by Gasteiger charge is -2.12. The van der Waals surface area contributed by atoms with Crippen LogP contribution in [0.5, 0.6) is 0 Å². The van der Waals surface area contributed by atoms with Gasteiger partial charge in [-0.05, 0) is 19.1 Å². The topological polar surface area (TPSA) is 120 Å². The molecule has 7 nitrogen and oxygen atoms in total. The summed E-state index contributed by atoms with van der Waals surface area (Å²) in [4.78, 5) is 23.1. The molecule has 2 rings (SSSR count). The first kappa shape index (κ1) is 16.8. The van der Waals surface area contributed by atoms with Crippen molar-refractivity contribution in [2.75, 3.05) is 16.8 Å². The SMILES string of the molecule is C[C@@H](Sc1nc(N)nc(N)n1)C(=O)Nc1ccc(F)c(F)c1F. The number of hydrogen-bond donors (Lipinski definition) is 3. The fourth-order valence-electron chi connectivity index (χ4n) is 1.51. The third-order valence-corrected chi connectivity index (χ3v) is 3.55. The molecule has 5 N–H and O–H groups in total. The minimum Gasteiger partial charge on any atom is -0.368 e. The van der Waals surface area contributed by atoms with Crippen molar-refractivity contribution >= 4 is 35.3 Å². The number of nitrogen functional groups attached to an aromatic ring is 2. The average Bonchev–Trinajstić information content (AvgIpc) is 2.46. The molecular formula is C12H11F3N6OS. The van der Waals surface area contributed by atoms with Crippen LogP contribution in [-0.2, 0) is 4.79 Å². The van der Waals surface area contributed by atoms with Crippen molar-refractivity contribution in [3.05, 3.63) is 29.6 Å². The molecule has 1 heterocycles. The molecule has 0 fully saturated rings. The molecule has 0 unspecified atom stereocenters. The molecule has 0 aliphatic heterocycles. The van der Waals surface area contributed by atoms with Crippen LogP contribution < -0.4 is 16.8 Å². The zero-order chi connectivity index (χ0) is 17.1. The number of carbonyl (C=O) groups excluding carboxylic acids is 1. The Balaban J connectivity index is 2.10. The van der Waals surface area contributed by atoms with Crippen LogP contribution in [0.4, 0.5) is 30.8 Å². The first-order chi connectivity index (χ1) is 10.8. The third kappa shape index (κ3) is 4.00. The number of nitrogens with two attached hydrogens (primary N) is 2. The quantitative estimate of drug-likeness (QED) is 0.569. The summed E-state index contributed by atoms with van der Waals surface area (Å²) in [5.41, 5.74) is 10.3. The van der Waals surface area contributed by atoms with E-state index in [1.54, 1.807) is 0 Å². The Bertz CT molecular complexity index is 740. The van der Waals surface area contributed by atoms with Gasteiger partial charge in [0, 0.05) is 0 Å². The second-order valence-electron chi connectivity index (χ2n) is 4.31. The highest BCUT2D eigenvalue weighted by molar-refractivity contribution is 8.00. The summed E-state index contributed by atoms with van der Waals surface area (Å²) in [7, 11) is 0. The molecular weight excluding hydrogens is 333 g/mol. The van der Waals surface area contributed by atoms with E-state index < -0.39 is 34.3 Å². The molecule has 0 aliphatic carbocycles. The molecule has 11 heteroatoms. The standard InChI is InChI=1S/C12H11F3N6OS/c1-4(23-12-20-10(16)19-11(17)21-12)9(22)18-6-3-2-5(13)7(14)8(6)15/h2-4H,1H3,(H,18,22)(H4,16,17,19,20,21)/t4-/m1/s1. The Kier molecular flexibility index (Phi) is 4.89. The normalized spacial score (nSPS) is 12.0. The summed E-state index contributed by atoms with van der Waals surface area (Å²) >= 11 is 0.888. The third-order valence-electron chi connectivity index (χ3n) is 2.59. The number of aromatic nitrogens is 3. The Labute approximate surface area is 132 Å². The van der Waals surface area contributed by atoms with Crippen molar-refractivity contribution < 1.29 is 18.0 Å². The maximum absolute atomic E-state index is 13.5. The molecule has 0 spiro atoms. The van der Waals surface area contributed by atoms with Gasteiger partial charge in [0.05, 0.1) is 10.9 Å². The van der Waals surface area contributed by atoms with Crippen molar-refractivity contribution in [2.45, 2.75) is 17.3 Å². The van der Waals surface area contributed by atoms with Gasteiger partial charge in [-0.25, -0.2) is 13.2 Å². The van der Waals surface area contributed by atoms with Gasteiger partial charge in [0.15, 0.2) is 22.6 Å². The van der Waals surface area contributed by atoms with Crippen LogP contribution in [0.1, 0.15) is 6.92 Å². The fraction of sp³-hybridized carbons (Fsp3) is 0.167. The summed E-state index contributed by atoms with van der Waals surface area (Å²) in [6.45, 7) is 1.48. The lowest BCUT2D eigenvalue weighted by molar-refractivity contribution is -0.115. The Morgan fingerprint density at radius 2 is 1.74 bits per heavy atom. The number of nitrogens with zero attached hydrogens (tertiary/aromatic N) is 3. The van der Waals surface area contributed by atoms with E-state index in [0.717, 1.165) is 17.8 Å². The summed E-state index contributed by atoms with van der Waals surface area (Å²) in [6, 6.07) is 1.63. The van der Waals surface area contributed by atoms with E-state index in [0.29, 0.717) is 6.07 Å². The minimum atomic E-state index is -1.67. The first-order valence-corrected chi connectivity index (χ1v) is 7.04. The number of halogens is 3. The lowest BCUT2D eigenvalue weighted by atomic mass is 10.2. The van der Waals surface area contributed by atoms with Crippen LogP contribution >= 0.6 is 11.8 Å². The summed E-state index contributed by atoms with van der Waals surface area (Å²) < 4.78 is 39.5. The molecule has 0 saturated heterocycles. The molecule has 2 aromatic rings. The summed E-state index contributed by atoms with van der Waals surface area (Å²) in [6.07, 6.45) is 0. The van der Waals surface area contributed by atoms with Crippen LogP contribution in [0, 0.1) is 17.5 Å². The van der Waals surface area contributed by atoms with E-state index in [2.05, 4.69) is 20.3 Å². The van der Waals surface area contributed by atoms with Gasteiger partial charge in [-0.3, -0.25) is 4.79 Å². The first-order valence-electron chi connectivity index (χ1n) is 6.16. The number of nitrogens with one attached hydrogen (secondary N) is 1. The second kappa shape index (κ2) is 6.69. The molecule has 1 aromatic carbocycles. The molecule has 1 aromatic heterocycles. The predicted molar refractivity (Wildman–Crippen MR) is 78.9 cm³/mol. The van der Waals surface area contributed by atoms with E-state index in [4.69, 9.17) is 11.5 Å². The van der Waals surface area contributed by atoms with Crippen molar-refractivity contribution in [3.63, 3.8) is 0 Å². The smallest absolute Gasteiger partial charge is 0.237 e. The highest BCUT2D eigenvalue weighted by atomic mass is 32.2. The van der Waals surface area contributed by atoms with Gasteiger partial charge >= 0.3 is 0 Å². The van der Waals surface area contributed by atoms with Crippen molar-refractivity contribution in [2.24, 2.45) is 0 Å². The zero-order valence-electron chi connectivity index (χ0n) is 11.7. The number of carbonyl (C=O) groups is 1. The number of rotatable bonds is 4. The number of anilines is 3. The number of hydrogen-bond acceptors (Lipinski definition) is 7. The maximum atomic E-state index is 13.5. The van der Waals surface area contributed by atoms with Gasteiger partial charge in [-0.15, -0.1) is 0 Å². The predicted octanol–water partition coefficient (Wildman–Crippen LogP) is 1.57. The van der Waals surface area contributed by atoms with Crippen molar-refractivity contribution in [1.29, 1.82) is 0 Å². The molecule has 1 atom stereocenters. The molecule has 0 saturated carbocycles. The van der Waals surface area contributed by atoms with Gasteiger partial charge in [0.25, 0.3) is 0 Å². The van der Waals surface area contributed by atoms with Crippen molar-refractivity contribution in [3.8, 4) is 0 Å². The van der Waals surface area contributed by atoms with E-state index in [1.807, 2.05) is 0 Å². The molecule has 23 heavy (non-hydrogen) atoms. The molecule has 0 bridgehead atoms. The molecule has 122 valence electrons. The minimum absolute atomic E-state index is 0.100. The Hall–Kier alpha value is -2.56. The second-order valence-corrected chi connectivity index (χ2v) is 5.61. The largest absolute Gasteiger partial charge is 0.368 e. The van der Waals surface area contributed by atoms with Gasteiger partial charge in [-0.2, -0.15) is 15.0 Å². The number of benzene rings is 1. The van der Waals surface area contributed by atoms with Crippen LogP contribution in [0.25, 0.3) is 0 Å². The van der Waals surface area contributed by atoms with Gasteiger partial charge in [0.2, 0.25) is 17.8 Å². The van der Waals surface area contributed by atoms with Crippen molar-refractivity contribution in [1.82, 2.24) is 15.0 Å². The molecule has 0 aliphatic rings. The maximum Gasteiger partial charge on any atom is 0.237 e. The average molecular weight is 344 g/mol. The lowest BCUT2D eigenvalue weighted by Crippen LogP contribution is -2.23. The molecule has 0 radical (unpaired) electrons. The van der Waals surface area contributed by atoms with Crippen LogP contribution in [0.2, 0.25) is 0 Å². The Morgan fingerprint density at radius 1 is 1.13 bits per heavy atom. The van der Waals surface area contributed by atoms with E-state index >= 15 is 0 Å². The Morgan fingerprint density at radius 3 is 2.35 bits per heavy atom. The van der Waals surface area contributed by atoms with Gasteiger partial charge in [-0.1, -0.05) is 11.8 Å². The van der Waals surface area contributed by atoms with Crippen LogP contribution in [0.15, 0.2) is 17.3 Å². The van der Waals surface area contributed by atoms with Crippen LogP contribution in [0.3, 0.4) is 0 Å². The monoisotopic (exact) mass is 344 g/mol. The van der Waals surface area contributed by atoms with E-state index in [9.17, 15) is 18.0 Å². The van der Waals surface area contributed by atoms with E-state index in [-0.39, 0.29) is 17.1 Å². The van der Waals surface area contributed by atoms with Gasteiger partial charge < -0.3 is 16.8 Å². The van der Waals surface area contributed by atoms with Crippen LogP contribution in [-0.4, -0.2) is 26.1 Å². The summed E-state index contributed by atoms with van der Waals surface area (Å²) in [5.74, 6) is -5.39. The fourth-order valence-corrected chi connectivity index (χ4v) is 2.28. The number of thioether (sulfide) groups is 1.